The molecule has 0 bridgehead atoms. The largest absolute Gasteiger partial charge is 0.481 e. The van der Waals surface area contributed by atoms with Gasteiger partial charge in [0.15, 0.2) is 0 Å². The highest BCUT2D eigenvalue weighted by Gasteiger charge is 2.21. The molecule has 1 rings (SSSR count). The van der Waals surface area contributed by atoms with Crippen molar-refractivity contribution in [3.63, 3.8) is 0 Å². The van der Waals surface area contributed by atoms with Gasteiger partial charge in [0.1, 0.15) is 0 Å². The Morgan fingerprint density at radius 3 is 2.61 bits per heavy atom. The third kappa shape index (κ3) is 5.46. The molecule has 0 aromatic heterocycles. The molecular weight excluding hydrogens is 236 g/mol. The number of carbonyl (C=O) groups is 2. The van der Waals surface area contributed by atoms with Gasteiger partial charge in [-0.2, -0.15) is 0 Å². The Balaban J connectivity index is 2.13. The second-order valence-corrected chi connectivity index (χ2v) is 4.46. The van der Waals surface area contributed by atoms with Gasteiger partial charge in [-0.3, -0.25) is 9.59 Å². The number of carboxylic acid groups (broad SMARTS) is 1. The van der Waals surface area contributed by atoms with E-state index in [1.165, 1.54) is 0 Å². The van der Waals surface area contributed by atoms with Crippen molar-refractivity contribution >= 4 is 11.9 Å². The Bertz CT molecular complexity index is 277. The summed E-state index contributed by atoms with van der Waals surface area (Å²) in [7, 11) is 0. The third-order valence-electron chi connectivity index (χ3n) is 2.96. The lowest BCUT2D eigenvalue weighted by Crippen LogP contribution is -2.49. The number of carboxylic acids is 1. The molecule has 1 saturated heterocycles. The Kier molecular flexibility index (Phi) is 6.67. The summed E-state index contributed by atoms with van der Waals surface area (Å²) in [5, 5.41) is 11.6. The zero-order valence-corrected chi connectivity index (χ0v) is 10.9. The molecule has 0 saturated carbocycles. The van der Waals surface area contributed by atoms with Crippen molar-refractivity contribution in [2.75, 3.05) is 32.8 Å². The third-order valence-corrected chi connectivity index (χ3v) is 2.96. The van der Waals surface area contributed by atoms with Gasteiger partial charge in [-0.05, 0) is 26.3 Å². The fraction of sp³-hybridized carbons (Fsp3) is 0.833. The molecule has 2 N–H and O–H groups in total. The number of nitrogens with one attached hydrogen (secondary N) is 1. The minimum atomic E-state index is -0.771. The molecule has 1 atom stereocenters. The van der Waals surface area contributed by atoms with Gasteiger partial charge >= 0.3 is 5.97 Å². The highest BCUT2D eigenvalue weighted by atomic mass is 16.5. The van der Waals surface area contributed by atoms with Gasteiger partial charge in [-0.1, -0.05) is 0 Å². The van der Waals surface area contributed by atoms with E-state index in [1.54, 1.807) is 4.90 Å². The summed E-state index contributed by atoms with van der Waals surface area (Å²) in [5.74, 6) is -0.677. The average Bonchev–Trinajstić information content (AvgIpc) is 2.38. The van der Waals surface area contributed by atoms with Gasteiger partial charge < -0.3 is 20.1 Å². The number of ether oxygens (including phenoxy) is 1. The minimum Gasteiger partial charge on any atom is -0.481 e. The molecule has 0 aliphatic carbocycles. The first-order chi connectivity index (χ1) is 8.61. The second kappa shape index (κ2) is 8.05. The zero-order chi connectivity index (χ0) is 13.4. The van der Waals surface area contributed by atoms with Gasteiger partial charge in [0, 0.05) is 19.5 Å². The first kappa shape index (κ1) is 14.9. The van der Waals surface area contributed by atoms with E-state index in [9.17, 15) is 9.59 Å². The molecule has 1 fully saturated rings. The number of hydrogen-bond acceptors (Lipinski definition) is 4. The molecular formula is C12H22N2O4. The normalized spacial score (nSPS) is 17.5. The maximum atomic E-state index is 12.0. The van der Waals surface area contributed by atoms with Crippen molar-refractivity contribution in [3.05, 3.63) is 0 Å². The van der Waals surface area contributed by atoms with E-state index in [2.05, 4.69) is 5.32 Å². The van der Waals surface area contributed by atoms with Crippen LogP contribution >= 0.6 is 0 Å². The standard InChI is InChI=1S/C12H22N2O4/c1-10(13-5-3-2-4-11(15)16)12(17)14-6-8-18-9-7-14/h10,13H,2-9H2,1H3,(H,15,16). The first-order valence-electron chi connectivity index (χ1n) is 6.43. The molecule has 104 valence electrons. The summed E-state index contributed by atoms with van der Waals surface area (Å²) < 4.78 is 5.20. The number of morpholine rings is 1. The van der Waals surface area contributed by atoms with Crippen molar-refractivity contribution in [3.8, 4) is 0 Å². The minimum absolute atomic E-state index is 0.0940. The fourth-order valence-corrected chi connectivity index (χ4v) is 1.86. The number of rotatable bonds is 7. The van der Waals surface area contributed by atoms with Crippen LogP contribution in [0.25, 0.3) is 0 Å². The number of amides is 1. The summed E-state index contributed by atoms with van der Waals surface area (Å²) in [6, 6.07) is -0.215. The number of hydrogen-bond donors (Lipinski definition) is 2. The van der Waals surface area contributed by atoms with Gasteiger partial charge in [0.2, 0.25) is 5.91 Å². The molecule has 1 aliphatic rings. The van der Waals surface area contributed by atoms with E-state index in [0.29, 0.717) is 39.3 Å². The molecule has 18 heavy (non-hydrogen) atoms. The van der Waals surface area contributed by atoms with Crippen LogP contribution in [0, 0.1) is 0 Å². The summed E-state index contributed by atoms with van der Waals surface area (Å²) in [4.78, 5) is 24.1. The van der Waals surface area contributed by atoms with Crippen LogP contribution in [0.1, 0.15) is 26.2 Å². The SMILES string of the molecule is CC(NCCCCC(=O)O)C(=O)N1CCOCC1. The summed E-state index contributed by atoms with van der Waals surface area (Å²) in [5.41, 5.74) is 0. The van der Waals surface area contributed by atoms with Gasteiger partial charge in [-0.25, -0.2) is 0 Å². The van der Waals surface area contributed by atoms with E-state index in [0.717, 1.165) is 6.42 Å². The predicted molar refractivity (Wildman–Crippen MR) is 66.4 cm³/mol. The predicted octanol–water partition coefficient (Wildman–Crippen LogP) is 0.0782. The van der Waals surface area contributed by atoms with Crippen LogP contribution in [0.2, 0.25) is 0 Å². The molecule has 6 nitrogen and oxygen atoms in total. The van der Waals surface area contributed by atoms with Crippen molar-refractivity contribution < 1.29 is 19.4 Å². The van der Waals surface area contributed by atoms with Crippen molar-refractivity contribution in [1.29, 1.82) is 0 Å². The van der Waals surface area contributed by atoms with Crippen molar-refractivity contribution in [1.82, 2.24) is 10.2 Å². The van der Waals surface area contributed by atoms with Crippen LogP contribution in [-0.4, -0.2) is 60.8 Å². The van der Waals surface area contributed by atoms with Crippen LogP contribution in [0.3, 0.4) is 0 Å². The van der Waals surface area contributed by atoms with Crippen LogP contribution in [0.4, 0.5) is 0 Å². The van der Waals surface area contributed by atoms with Crippen LogP contribution < -0.4 is 5.32 Å². The zero-order valence-electron chi connectivity index (χ0n) is 10.9. The topological polar surface area (TPSA) is 78.9 Å². The number of carbonyl (C=O) groups excluding carboxylic acids is 1. The molecule has 1 aliphatic heterocycles. The Hall–Kier alpha value is -1.14. The van der Waals surface area contributed by atoms with Gasteiger partial charge in [0.05, 0.1) is 19.3 Å². The van der Waals surface area contributed by atoms with Gasteiger partial charge in [0.25, 0.3) is 0 Å². The molecule has 1 unspecified atom stereocenters. The molecule has 0 spiro atoms. The smallest absolute Gasteiger partial charge is 0.303 e. The van der Waals surface area contributed by atoms with Crippen molar-refractivity contribution in [2.45, 2.75) is 32.2 Å². The molecule has 0 radical (unpaired) electrons. The average molecular weight is 258 g/mol. The second-order valence-electron chi connectivity index (χ2n) is 4.46. The molecule has 0 aromatic rings. The highest BCUT2D eigenvalue weighted by Crippen LogP contribution is 2.01. The first-order valence-corrected chi connectivity index (χ1v) is 6.43. The maximum Gasteiger partial charge on any atom is 0.303 e. The molecule has 1 heterocycles. The van der Waals surface area contributed by atoms with E-state index < -0.39 is 5.97 Å². The summed E-state index contributed by atoms with van der Waals surface area (Å²) in [6.07, 6.45) is 1.60. The molecule has 0 aromatic carbocycles. The van der Waals surface area contributed by atoms with E-state index >= 15 is 0 Å². The van der Waals surface area contributed by atoms with Gasteiger partial charge in [-0.15, -0.1) is 0 Å². The Morgan fingerprint density at radius 2 is 2.00 bits per heavy atom. The summed E-state index contributed by atoms with van der Waals surface area (Å²) >= 11 is 0. The lowest BCUT2D eigenvalue weighted by atomic mass is 10.2. The quantitative estimate of drug-likeness (QED) is 0.632. The fourth-order valence-electron chi connectivity index (χ4n) is 1.86. The highest BCUT2D eigenvalue weighted by molar-refractivity contribution is 5.81. The Labute approximate surface area is 107 Å². The lowest BCUT2D eigenvalue weighted by molar-refractivity contribution is -0.138. The van der Waals surface area contributed by atoms with Crippen molar-refractivity contribution in [2.24, 2.45) is 0 Å². The van der Waals surface area contributed by atoms with E-state index in [-0.39, 0.29) is 18.4 Å². The van der Waals surface area contributed by atoms with Crippen LogP contribution in [0.5, 0.6) is 0 Å². The Morgan fingerprint density at radius 1 is 1.33 bits per heavy atom. The van der Waals surface area contributed by atoms with Crippen LogP contribution in [-0.2, 0) is 14.3 Å². The molecule has 1 amide bonds. The van der Waals surface area contributed by atoms with E-state index in [1.807, 2.05) is 6.92 Å². The van der Waals surface area contributed by atoms with Crippen LogP contribution in [0.15, 0.2) is 0 Å². The molecule has 6 heteroatoms. The summed E-state index contributed by atoms with van der Waals surface area (Å²) in [6.45, 7) is 5.04. The lowest BCUT2D eigenvalue weighted by Gasteiger charge is -2.29. The number of nitrogens with zero attached hydrogens (tertiary/aromatic N) is 1. The maximum absolute atomic E-state index is 12.0. The number of aliphatic carboxylic acids is 1. The number of unbranched alkanes of at least 4 members (excludes halogenated alkanes) is 1. The van der Waals surface area contributed by atoms with E-state index in [4.69, 9.17) is 9.84 Å². The monoisotopic (exact) mass is 258 g/mol.